The third kappa shape index (κ3) is 1.38. The Bertz CT molecular complexity index is 687. The maximum absolute atomic E-state index is 6.36. The molecule has 0 spiro atoms. The van der Waals surface area contributed by atoms with E-state index >= 15 is 0 Å². The van der Waals surface area contributed by atoms with Crippen molar-refractivity contribution in [1.29, 1.82) is 0 Å². The highest BCUT2D eigenvalue weighted by Crippen LogP contribution is 2.35. The van der Waals surface area contributed by atoms with Crippen LogP contribution in [0.25, 0.3) is 21.5 Å². The summed E-state index contributed by atoms with van der Waals surface area (Å²) in [5, 5.41) is 5.21. The van der Waals surface area contributed by atoms with Gasteiger partial charge in [-0.15, -0.1) is 0 Å². The molecular formula is C14H6Cl2. The Morgan fingerprint density at radius 3 is 2.75 bits per heavy atom. The van der Waals surface area contributed by atoms with Gasteiger partial charge in [-0.2, -0.15) is 0 Å². The van der Waals surface area contributed by atoms with Crippen LogP contribution in [0.5, 0.6) is 0 Å². The first-order chi connectivity index (χ1) is 7.77. The summed E-state index contributed by atoms with van der Waals surface area (Å²) in [7, 11) is 0. The van der Waals surface area contributed by atoms with Crippen LogP contribution in [0.3, 0.4) is 0 Å². The number of rotatable bonds is 0. The molecule has 3 aromatic carbocycles. The average molecular weight is 245 g/mol. The number of benzene rings is 3. The van der Waals surface area contributed by atoms with Crippen LogP contribution in [0.1, 0.15) is 0 Å². The van der Waals surface area contributed by atoms with E-state index in [0.29, 0.717) is 10.0 Å². The third-order valence-electron chi connectivity index (χ3n) is 2.64. The van der Waals surface area contributed by atoms with E-state index in [1.165, 1.54) is 0 Å². The van der Waals surface area contributed by atoms with E-state index in [-0.39, 0.29) is 0 Å². The zero-order chi connectivity index (χ0) is 11.1. The quantitative estimate of drug-likeness (QED) is 0.494. The Morgan fingerprint density at radius 2 is 1.88 bits per heavy atom. The second-order valence-electron chi connectivity index (χ2n) is 3.59. The van der Waals surface area contributed by atoms with Gasteiger partial charge in [0.2, 0.25) is 0 Å². The van der Waals surface area contributed by atoms with Gasteiger partial charge in [-0.3, -0.25) is 0 Å². The molecule has 0 unspecified atom stereocenters. The molecule has 0 aromatic heterocycles. The monoisotopic (exact) mass is 244 g/mol. The molecule has 2 heteroatoms. The summed E-state index contributed by atoms with van der Waals surface area (Å²) >= 11 is 12.5. The summed E-state index contributed by atoms with van der Waals surface area (Å²) in [5.74, 6) is 0. The highest BCUT2D eigenvalue weighted by Gasteiger charge is 2.07. The topological polar surface area (TPSA) is 0 Å². The van der Waals surface area contributed by atoms with Crippen LogP contribution in [-0.4, -0.2) is 0 Å². The molecule has 3 rings (SSSR count). The molecule has 0 saturated heterocycles. The molecule has 0 aliphatic heterocycles. The first kappa shape index (κ1) is 9.95. The Kier molecular flexibility index (Phi) is 2.27. The average Bonchev–Trinajstić information content (AvgIpc) is 2.29. The second kappa shape index (κ2) is 3.65. The summed E-state index contributed by atoms with van der Waals surface area (Å²) in [4.78, 5) is 0. The largest absolute Gasteiger partial charge is 0.0829 e. The van der Waals surface area contributed by atoms with Crippen LogP contribution >= 0.6 is 23.2 Å². The van der Waals surface area contributed by atoms with Gasteiger partial charge in [-0.25, -0.2) is 0 Å². The fourth-order valence-corrected chi connectivity index (χ4v) is 2.59. The fourth-order valence-electron chi connectivity index (χ4n) is 1.90. The predicted octanol–water partition coefficient (Wildman–Crippen LogP) is 4.90. The molecule has 16 heavy (non-hydrogen) atoms. The molecular weight excluding hydrogens is 239 g/mol. The minimum absolute atomic E-state index is 0.567. The van der Waals surface area contributed by atoms with Crippen molar-refractivity contribution >= 4 is 44.7 Å². The van der Waals surface area contributed by atoms with Crippen LogP contribution < -0.4 is 0 Å². The lowest BCUT2D eigenvalue weighted by atomic mass is 10.0. The van der Waals surface area contributed by atoms with Gasteiger partial charge in [-0.1, -0.05) is 47.5 Å². The van der Waals surface area contributed by atoms with Crippen molar-refractivity contribution in [1.82, 2.24) is 0 Å². The first-order valence-corrected chi connectivity index (χ1v) is 5.61. The number of hydrogen-bond donors (Lipinski definition) is 0. The maximum atomic E-state index is 6.36. The molecule has 0 saturated carbocycles. The smallest absolute Gasteiger partial charge is 0.0578 e. The van der Waals surface area contributed by atoms with E-state index in [9.17, 15) is 0 Å². The van der Waals surface area contributed by atoms with Crippen molar-refractivity contribution < 1.29 is 0 Å². The van der Waals surface area contributed by atoms with E-state index < -0.39 is 0 Å². The fraction of sp³-hybridized carbons (Fsp3) is 0. The Morgan fingerprint density at radius 1 is 1.00 bits per heavy atom. The number of hydrogen-bond acceptors (Lipinski definition) is 0. The Labute approximate surface area is 103 Å². The van der Waals surface area contributed by atoms with Gasteiger partial charge < -0.3 is 0 Å². The standard InChI is InChI=1S/C14H6Cl2/c15-12-7-3-5-10-8-9-4-1-2-6-11(9)14(16)13(10)12/h2-6,8H. The van der Waals surface area contributed by atoms with E-state index in [1.54, 1.807) is 6.07 Å². The van der Waals surface area contributed by atoms with Crippen molar-refractivity contribution in [2.75, 3.05) is 0 Å². The Hall–Kier alpha value is -1.24. The second-order valence-corrected chi connectivity index (χ2v) is 4.35. The van der Waals surface area contributed by atoms with Gasteiger partial charge in [0.05, 0.1) is 10.0 Å². The summed E-state index contributed by atoms with van der Waals surface area (Å²) in [6.07, 6.45) is 0. The summed E-state index contributed by atoms with van der Waals surface area (Å²) in [6.45, 7) is 0. The molecule has 0 aliphatic rings. The number of halogens is 2. The summed E-state index contributed by atoms with van der Waals surface area (Å²) < 4.78 is 0. The SMILES string of the molecule is Clc1[c]ccc2cc3c[c]ccc3c(Cl)c12. The van der Waals surface area contributed by atoms with Crippen LogP contribution in [0.4, 0.5) is 0 Å². The lowest BCUT2D eigenvalue weighted by molar-refractivity contribution is 1.74. The third-order valence-corrected chi connectivity index (χ3v) is 3.33. The molecule has 0 atom stereocenters. The van der Waals surface area contributed by atoms with Crippen molar-refractivity contribution in [3.63, 3.8) is 0 Å². The summed E-state index contributed by atoms with van der Waals surface area (Å²) in [5.41, 5.74) is 0. The van der Waals surface area contributed by atoms with Gasteiger partial charge in [0, 0.05) is 16.8 Å². The van der Waals surface area contributed by atoms with Crippen LogP contribution in [0.15, 0.2) is 36.4 Å². The van der Waals surface area contributed by atoms with Gasteiger partial charge in [0.15, 0.2) is 0 Å². The van der Waals surface area contributed by atoms with Gasteiger partial charge in [-0.05, 0) is 29.0 Å². The van der Waals surface area contributed by atoms with Crippen LogP contribution in [0.2, 0.25) is 10.0 Å². The highest BCUT2D eigenvalue weighted by atomic mass is 35.5. The highest BCUT2D eigenvalue weighted by molar-refractivity contribution is 6.45. The maximum Gasteiger partial charge on any atom is 0.0578 e. The van der Waals surface area contributed by atoms with Crippen LogP contribution in [-0.2, 0) is 0 Å². The number of fused-ring (bicyclic) bond motifs is 2. The van der Waals surface area contributed by atoms with Gasteiger partial charge in [0.25, 0.3) is 0 Å². The minimum Gasteiger partial charge on any atom is -0.0829 e. The van der Waals surface area contributed by atoms with E-state index in [1.807, 2.05) is 24.3 Å². The predicted molar refractivity (Wildman–Crippen MR) is 69.1 cm³/mol. The molecule has 3 aromatic rings. The van der Waals surface area contributed by atoms with E-state index in [2.05, 4.69) is 18.2 Å². The zero-order valence-corrected chi connectivity index (χ0v) is 9.73. The molecule has 0 amide bonds. The van der Waals surface area contributed by atoms with E-state index in [4.69, 9.17) is 23.2 Å². The lowest BCUT2D eigenvalue weighted by Gasteiger charge is -2.06. The van der Waals surface area contributed by atoms with Crippen LogP contribution in [0, 0.1) is 12.1 Å². The van der Waals surface area contributed by atoms with Gasteiger partial charge >= 0.3 is 0 Å². The van der Waals surface area contributed by atoms with Crippen molar-refractivity contribution in [3.05, 3.63) is 58.6 Å². The molecule has 0 fully saturated rings. The molecule has 0 aliphatic carbocycles. The zero-order valence-electron chi connectivity index (χ0n) is 8.22. The molecule has 0 bridgehead atoms. The summed E-state index contributed by atoms with van der Waals surface area (Å²) in [6, 6.07) is 17.5. The molecule has 2 radical (unpaired) electrons. The molecule has 0 heterocycles. The normalized spacial score (nSPS) is 11.1. The molecule has 76 valence electrons. The van der Waals surface area contributed by atoms with Gasteiger partial charge in [0.1, 0.15) is 0 Å². The van der Waals surface area contributed by atoms with Crippen molar-refractivity contribution in [3.8, 4) is 0 Å². The van der Waals surface area contributed by atoms with E-state index in [0.717, 1.165) is 21.5 Å². The lowest BCUT2D eigenvalue weighted by Crippen LogP contribution is -1.80. The first-order valence-electron chi connectivity index (χ1n) is 4.85. The molecule has 0 N–H and O–H groups in total. The minimum atomic E-state index is 0.567. The van der Waals surface area contributed by atoms with Crippen molar-refractivity contribution in [2.45, 2.75) is 0 Å². The molecule has 0 nitrogen and oxygen atoms in total. The van der Waals surface area contributed by atoms with Crippen molar-refractivity contribution in [2.24, 2.45) is 0 Å². The Balaban J connectivity index is 2.62.